The Morgan fingerprint density at radius 1 is 0.839 bits per heavy atom. The molecule has 0 bridgehead atoms. The van der Waals surface area contributed by atoms with E-state index >= 15 is 0 Å². The van der Waals surface area contributed by atoms with Crippen LogP contribution in [-0.2, 0) is 16.6 Å². The van der Waals surface area contributed by atoms with Crippen LogP contribution in [0.2, 0.25) is 0 Å². The Balaban J connectivity index is 1.64. The van der Waals surface area contributed by atoms with E-state index in [1.165, 1.54) is 6.92 Å². The van der Waals surface area contributed by atoms with Gasteiger partial charge in [-0.2, -0.15) is 0 Å². The van der Waals surface area contributed by atoms with Crippen LogP contribution in [0.5, 0.6) is 0 Å². The molecule has 0 spiro atoms. The van der Waals surface area contributed by atoms with Crippen LogP contribution >= 0.6 is 0 Å². The molecule has 3 aromatic carbocycles. The van der Waals surface area contributed by atoms with Crippen molar-refractivity contribution in [3.8, 4) is 0 Å². The molecule has 7 heteroatoms. The molecule has 0 heterocycles. The third kappa shape index (κ3) is 5.65. The van der Waals surface area contributed by atoms with Gasteiger partial charge in [-0.3, -0.25) is 9.59 Å². The van der Waals surface area contributed by atoms with E-state index in [1.54, 1.807) is 67.6 Å². The minimum atomic E-state index is -3.64. The van der Waals surface area contributed by atoms with Crippen molar-refractivity contribution in [2.45, 2.75) is 32.2 Å². The number of anilines is 1. The summed E-state index contributed by atoms with van der Waals surface area (Å²) in [5.41, 5.74) is 3.89. The number of benzene rings is 3. The first-order valence-electron chi connectivity index (χ1n) is 9.74. The average molecular weight is 437 g/mol. The molecule has 6 nitrogen and oxygen atoms in total. The molecule has 0 fully saturated rings. The third-order valence-electron chi connectivity index (χ3n) is 4.86. The number of sulfonamides is 1. The number of carbonyl (C=O) groups is 2. The van der Waals surface area contributed by atoms with Crippen LogP contribution in [0, 0.1) is 13.8 Å². The molecule has 0 radical (unpaired) electrons. The molecule has 31 heavy (non-hydrogen) atoms. The zero-order valence-electron chi connectivity index (χ0n) is 17.6. The van der Waals surface area contributed by atoms with Gasteiger partial charge in [0.1, 0.15) is 0 Å². The summed E-state index contributed by atoms with van der Waals surface area (Å²) < 4.78 is 27.9. The van der Waals surface area contributed by atoms with Gasteiger partial charge in [0.05, 0.1) is 4.90 Å². The molecule has 160 valence electrons. The van der Waals surface area contributed by atoms with Crippen molar-refractivity contribution in [3.63, 3.8) is 0 Å². The molecule has 0 aliphatic carbocycles. The number of ketones is 1. The lowest BCUT2D eigenvalue weighted by Gasteiger charge is -2.11. The van der Waals surface area contributed by atoms with Gasteiger partial charge in [0.15, 0.2) is 5.78 Å². The first kappa shape index (κ1) is 22.4. The molecule has 0 aromatic heterocycles. The van der Waals surface area contributed by atoms with E-state index in [-0.39, 0.29) is 23.1 Å². The normalized spacial score (nSPS) is 11.2. The fraction of sp³-hybridized carbons (Fsp3) is 0.167. The number of Topliss-reactive ketones (excluding diaryl/α,β-unsaturated/α-hetero) is 1. The second kappa shape index (κ2) is 9.24. The quantitative estimate of drug-likeness (QED) is 0.542. The highest BCUT2D eigenvalue weighted by atomic mass is 32.2. The summed E-state index contributed by atoms with van der Waals surface area (Å²) in [4.78, 5) is 24.0. The number of nitrogens with one attached hydrogen (secondary N) is 2. The van der Waals surface area contributed by atoms with E-state index in [9.17, 15) is 18.0 Å². The Morgan fingerprint density at radius 3 is 2.06 bits per heavy atom. The predicted molar refractivity (Wildman–Crippen MR) is 121 cm³/mol. The van der Waals surface area contributed by atoms with Crippen molar-refractivity contribution >= 4 is 27.4 Å². The molecule has 0 atom stereocenters. The van der Waals surface area contributed by atoms with Crippen molar-refractivity contribution in [1.29, 1.82) is 0 Å². The molecule has 0 saturated heterocycles. The highest BCUT2D eigenvalue weighted by molar-refractivity contribution is 7.89. The number of carbonyl (C=O) groups excluding carboxylic acids is 2. The second-order valence-electron chi connectivity index (χ2n) is 7.38. The minimum absolute atomic E-state index is 0.0401. The van der Waals surface area contributed by atoms with Crippen LogP contribution < -0.4 is 10.0 Å². The van der Waals surface area contributed by atoms with Gasteiger partial charge in [-0.1, -0.05) is 24.3 Å². The molecule has 0 saturated carbocycles. The van der Waals surface area contributed by atoms with Crippen molar-refractivity contribution in [2.24, 2.45) is 0 Å². The molecular formula is C24H24N2O4S. The van der Waals surface area contributed by atoms with Crippen LogP contribution in [0.1, 0.15) is 44.3 Å². The monoisotopic (exact) mass is 436 g/mol. The Bertz CT molecular complexity index is 1220. The standard InChI is InChI=1S/C24H24N2O4S/c1-16-4-5-17(2)23(14-16)31(29,30)25-15-19-6-8-21(9-7-19)24(28)26-22-12-10-20(11-13-22)18(3)27/h4-14,25H,15H2,1-3H3,(H,26,28). The maximum absolute atomic E-state index is 12.6. The first-order valence-corrected chi connectivity index (χ1v) is 11.2. The summed E-state index contributed by atoms with van der Waals surface area (Å²) in [6.45, 7) is 5.20. The summed E-state index contributed by atoms with van der Waals surface area (Å²) in [5.74, 6) is -0.334. The topological polar surface area (TPSA) is 92.3 Å². The van der Waals surface area contributed by atoms with Crippen molar-refractivity contribution in [2.75, 3.05) is 5.32 Å². The van der Waals surface area contributed by atoms with Gasteiger partial charge < -0.3 is 5.32 Å². The Hall–Kier alpha value is -3.29. The number of rotatable bonds is 7. The minimum Gasteiger partial charge on any atom is -0.322 e. The van der Waals surface area contributed by atoms with E-state index in [0.717, 1.165) is 11.1 Å². The van der Waals surface area contributed by atoms with Gasteiger partial charge in [-0.15, -0.1) is 0 Å². The van der Waals surface area contributed by atoms with Crippen molar-refractivity contribution in [1.82, 2.24) is 4.72 Å². The fourth-order valence-electron chi connectivity index (χ4n) is 3.02. The van der Waals surface area contributed by atoms with Gasteiger partial charge in [0.2, 0.25) is 10.0 Å². The van der Waals surface area contributed by atoms with E-state index in [0.29, 0.717) is 22.4 Å². The lowest BCUT2D eigenvalue weighted by atomic mass is 10.1. The highest BCUT2D eigenvalue weighted by Crippen LogP contribution is 2.17. The molecule has 3 rings (SSSR count). The number of hydrogen-bond acceptors (Lipinski definition) is 4. The van der Waals surface area contributed by atoms with Gasteiger partial charge in [-0.25, -0.2) is 13.1 Å². The van der Waals surface area contributed by atoms with Crippen LogP contribution in [-0.4, -0.2) is 20.1 Å². The summed E-state index contributed by atoms with van der Waals surface area (Å²) >= 11 is 0. The summed E-state index contributed by atoms with van der Waals surface area (Å²) in [7, 11) is -3.64. The Labute approximate surface area is 182 Å². The Kier molecular flexibility index (Phi) is 6.68. The average Bonchev–Trinajstić information content (AvgIpc) is 2.74. The van der Waals surface area contributed by atoms with Crippen LogP contribution in [0.3, 0.4) is 0 Å². The highest BCUT2D eigenvalue weighted by Gasteiger charge is 2.16. The maximum Gasteiger partial charge on any atom is 0.255 e. The molecule has 0 unspecified atom stereocenters. The van der Waals surface area contributed by atoms with Gasteiger partial charge in [0.25, 0.3) is 5.91 Å². The predicted octanol–water partition coefficient (Wildman–Crippen LogP) is 4.24. The summed E-state index contributed by atoms with van der Waals surface area (Å²) in [6, 6.07) is 18.7. The second-order valence-corrected chi connectivity index (χ2v) is 9.11. The zero-order chi connectivity index (χ0) is 22.6. The van der Waals surface area contributed by atoms with Crippen molar-refractivity contribution < 1.29 is 18.0 Å². The lowest BCUT2D eigenvalue weighted by Crippen LogP contribution is -2.24. The van der Waals surface area contributed by atoms with Crippen LogP contribution in [0.25, 0.3) is 0 Å². The largest absolute Gasteiger partial charge is 0.322 e. The van der Waals surface area contributed by atoms with Crippen LogP contribution in [0.4, 0.5) is 5.69 Å². The Morgan fingerprint density at radius 2 is 1.45 bits per heavy atom. The summed E-state index contributed by atoms with van der Waals surface area (Å²) in [5, 5.41) is 2.77. The first-order chi connectivity index (χ1) is 14.7. The van der Waals surface area contributed by atoms with Crippen molar-refractivity contribution in [3.05, 3.63) is 94.5 Å². The van der Waals surface area contributed by atoms with Crippen LogP contribution in [0.15, 0.2) is 71.6 Å². The number of hydrogen-bond donors (Lipinski definition) is 2. The summed E-state index contributed by atoms with van der Waals surface area (Å²) in [6.07, 6.45) is 0. The van der Waals surface area contributed by atoms with Gasteiger partial charge >= 0.3 is 0 Å². The lowest BCUT2D eigenvalue weighted by molar-refractivity contribution is 0.101. The number of amides is 1. The molecular weight excluding hydrogens is 412 g/mol. The van der Waals surface area contributed by atoms with E-state index in [4.69, 9.17) is 0 Å². The van der Waals surface area contributed by atoms with Gasteiger partial charge in [-0.05, 0) is 79.9 Å². The molecule has 2 N–H and O–H groups in total. The molecule has 3 aromatic rings. The number of aryl methyl sites for hydroxylation is 2. The fourth-order valence-corrected chi connectivity index (χ4v) is 4.36. The zero-order valence-corrected chi connectivity index (χ0v) is 18.4. The van der Waals surface area contributed by atoms with E-state index in [2.05, 4.69) is 10.0 Å². The molecule has 0 aliphatic rings. The smallest absolute Gasteiger partial charge is 0.255 e. The molecule has 1 amide bonds. The maximum atomic E-state index is 12.6. The van der Waals surface area contributed by atoms with Gasteiger partial charge in [0, 0.05) is 23.4 Å². The third-order valence-corrected chi connectivity index (χ3v) is 6.41. The molecule has 0 aliphatic heterocycles. The SMILES string of the molecule is CC(=O)c1ccc(NC(=O)c2ccc(CNS(=O)(=O)c3cc(C)ccc3C)cc2)cc1. The van der Waals surface area contributed by atoms with E-state index < -0.39 is 10.0 Å². The van der Waals surface area contributed by atoms with E-state index in [1.807, 2.05) is 13.0 Å².